The summed E-state index contributed by atoms with van der Waals surface area (Å²) in [5, 5.41) is 3.92. The molecule has 0 aromatic heterocycles. The lowest BCUT2D eigenvalue weighted by molar-refractivity contribution is 0.132. The van der Waals surface area contributed by atoms with Crippen LogP contribution in [0.3, 0.4) is 0 Å². The largest absolute Gasteiger partial charge is 0.312 e. The minimum atomic E-state index is 0.524. The van der Waals surface area contributed by atoms with Gasteiger partial charge in [0.15, 0.2) is 0 Å². The van der Waals surface area contributed by atoms with Crippen LogP contribution in [0.2, 0.25) is 0 Å². The predicted molar refractivity (Wildman–Crippen MR) is 88.0 cm³/mol. The molecule has 3 atom stereocenters. The average molecular weight is 280 g/mol. The SMILES string of the molecule is CC1CC(NCC(C(C)C)N2CCCC2)CC(C)(C)C1. The van der Waals surface area contributed by atoms with E-state index in [-0.39, 0.29) is 0 Å². The van der Waals surface area contributed by atoms with E-state index in [1.807, 2.05) is 0 Å². The van der Waals surface area contributed by atoms with Gasteiger partial charge >= 0.3 is 0 Å². The Balaban J connectivity index is 1.85. The van der Waals surface area contributed by atoms with E-state index in [0.717, 1.165) is 23.9 Å². The summed E-state index contributed by atoms with van der Waals surface area (Å²) in [5.41, 5.74) is 0.524. The van der Waals surface area contributed by atoms with Crippen LogP contribution >= 0.6 is 0 Å². The molecule has 2 rings (SSSR count). The molecule has 2 heteroatoms. The van der Waals surface area contributed by atoms with Gasteiger partial charge in [0.25, 0.3) is 0 Å². The highest BCUT2D eigenvalue weighted by molar-refractivity contribution is 4.88. The Kier molecular flexibility index (Phi) is 5.53. The fraction of sp³-hybridized carbons (Fsp3) is 1.00. The van der Waals surface area contributed by atoms with Crippen LogP contribution in [0, 0.1) is 17.3 Å². The zero-order valence-corrected chi connectivity index (χ0v) is 14.4. The minimum absolute atomic E-state index is 0.524. The maximum absolute atomic E-state index is 3.92. The van der Waals surface area contributed by atoms with E-state index < -0.39 is 0 Å². The van der Waals surface area contributed by atoms with Crippen LogP contribution in [0.15, 0.2) is 0 Å². The molecule has 1 N–H and O–H groups in total. The first kappa shape index (κ1) is 16.3. The first-order chi connectivity index (χ1) is 9.37. The fourth-order valence-electron chi connectivity index (χ4n) is 4.65. The molecule has 0 spiro atoms. The number of hydrogen-bond donors (Lipinski definition) is 1. The van der Waals surface area contributed by atoms with Gasteiger partial charge in [0.1, 0.15) is 0 Å². The fourth-order valence-corrected chi connectivity index (χ4v) is 4.65. The molecule has 0 amide bonds. The predicted octanol–water partition coefficient (Wildman–Crippen LogP) is 3.91. The molecule has 0 radical (unpaired) electrons. The van der Waals surface area contributed by atoms with Crippen molar-refractivity contribution >= 4 is 0 Å². The van der Waals surface area contributed by atoms with Gasteiger partial charge in [-0.25, -0.2) is 0 Å². The van der Waals surface area contributed by atoms with Crippen molar-refractivity contribution < 1.29 is 0 Å². The summed E-state index contributed by atoms with van der Waals surface area (Å²) < 4.78 is 0. The molecule has 1 aliphatic heterocycles. The normalized spacial score (nSPS) is 32.7. The van der Waals surface area contributed by atoms with Crippen molar-refractivity contribution in [2.24, 2.45) is 17.3 Å². The van der Waals surface area contributed by atoms with Gasteiger partial charge in [-0.1, -0.05) is 34.6 Å². The Morgan fingerprint density at radius 1 is 1.15 bits per heavy atom. The summed E-state index contributed by atoms with van der Waals surface area (Å²) in [6.45, 7) is 15.9. The van der Waals surface area contributed by atoms with Gasteiger partial charge in [-0.3, -0.25) is 4.90 Å². The molecule has 1 saturated carbocycles. The zero-order valence-electron chi connectivity index (χ0n) is 14.4. The van der Waals surface area contributed by atoms with Crippen LogP contribution in [0.4, 0.5) is 0 Å². The monoisotopic (exact) mass is 280 g/mol. The topological polar surface area (TPSA) is 15.3 Å². The third kappa shape index (κ3) is 4.46. The van der Waals surface area contributed by atoms with Gasteiger partial charge in [-0.15, -0.1) is 0 Å². The van der Waals surface area contributed by atoms with Gasteiger partial charge in [-0.05, 0) is 62.4 Å². The van der Waals surface area contributed by atoms with Crippen LogP contribution in [0.1, 0.15) is 66.7 Å². The van der Waals surface area contributed by atoms with E-state index in [4.69, 9.17) is 0 Å². The Bertz CT molecular complexity index is 292. The molecule has 20 heavy (non-hydrogen) atoms. The number of hydrogen-bond acceptors (Lipinski definition) is 2. The molecule has 118 valence electrons. The maximum Gasteiger partial charge on any atom is 0.0243 e. The third-order valence-corrected chi connectivity index (χ3v) is 5.38. The van der Waals surface area contributed by atoms with Crippen LogP contribution in [0.5, 0.6) is 0 Å². The van der Waals surface area contributed by atoms with Crippen molar-refractivity contribution in [2.75, 3.05) is 19.6 Å². The van der Waals surface area contributed by atoms with Crippen molar-refractivity contribution in [3.05, 3.63) is 0 Å². The summed E-state index contributed by atoms with van der Waals surface area (Å²) in [7, 11) is 0. The maximum atomic E-state index is 3.92. The van der Waals surface area contributed by atoms with E-state index in [1.165, 1.54) is 51.7 Å². The molecule has 0 aromatic rings. The number of likely N-dealkylation sites (tertiary alicyclic amines) is 1. The quantitative estimate of drug-likeness (QED) is 0.821. The smallest absolute Gasteiger partial charge is 0.0243 e. The standard InChI is InChI=1S/C18H36N2/c1-14(2)17(20-8-6-7-9-20)13-19-16-10-15(3)11-18(4,5)12-16/h14-17,19H,6-13H2,1-5H3. The van der Waals surface area contributed by atoms with Crippen molar-refractivity contribution in [2.45, 2.75) is 78.8 Å². The molecular weight excluding hydrogens is 244 g/mol. The molecule has 2 fully saturated rings. The van der Waals surface area contributed by atoms with Gasteiger partial charge in [-0.2, -0.15) is 0 Å². The minimum Gasteiger partial charge on any atom is -0.312 e. The van der Waals surface area contributed by atoms with E-state index in [9.17, 15) is 0 Å². The molecule has 1 saturated heterocycles. The van der Waals surface area contributed by atoms with Crippen molar-refractivity contribution in [3.8, 4) is 0 Å². The Morgan fingerprint density at radius 2 is 1.80 bits per heavy atom. The third-order valence-electron chi connectivity index (χ3n) is 5.38. The molecule has 1 heterocycles. The Morgan fingerprint density at radius 3 is 2.35 bits per heavy atom. The number of nitrogens with one attached hydrogen (secondary N) is 1. The van der Waals surface area contributed by atoms with Crippen LogP contribution in [-0.2, 0) is 0 Å². The van der Waals surface area contributed by atoms with Crippen molar-refractivity contribution in [1.82, 2.24) is 10.2 Å². The average Bonchev–Trinajstić information content (AvgIpc) is 2.79. The molecule has 3 unspecified atom stereocenters. The zero-order chi connectivity index (χ0) is 14.8. The summed E-state index contributed by atoms with van der Waals surface area (Å²) >= 11 is 0. The van der Waals surface area contributed by atoms with Gasteiger partial charge < -0.3 is 5.32 Å². The molecule has 2 aliphatic rings. The van der Waals surface area contributed by atoms with Crippen molar-refractivity contribution in [1.29, 1.82) is 0 Å². The lowest BCUT2D eigenvalue weighted by Gasteiger charge is -2.41. The summed E-state index contributed by atoms with van der Waals surface area (Å²) in [5.74, 6) is 1.63. The van der Waals surface area contributed by atoms with Gasteiger partial charge in [0.2, 0.25) is 0 Å². The highest BCUT2D eigenvalue weighted by Crippen LogP contribution is 2.38. The van der Waals surface area contributed by atoms with E-state index in [1.54, 1.807) is 0 Å². The van der Waals surface area contributed by atoms with Gasteiger partial charge in [0, 0.05) is 18.6 Å². The lowest BCUT2D eigenvalue weighted by atomic mass is 9.70. The summed E-state index contributed by atoms with van der Waals surface area (Å²) in [6.07, 6.45) is 6.91. The van der Waals surface area contributed by atoms with E-state index in [0.29, 0.717) is 5.41 Å². The van der Waals surface area contributed by atoms with Crippen LogP contribution < -0.4 is 5.32 Å². The molecule has 0 bridgehead atoms. The number of nitrogens with zero attached hydrogens (tertiary/aromatic N) is 1. The highest BCUT2D eigenvalue weighted by atomic mass is 15.2. The highest BCUT2D eigenvalue weighted by Gasteiger charge is 2.33. The Labute approximate surface area is 126 Å². The first-order valence-corrected chi connectivity index (χ1v) is 8.85. The van der Waals surface area contributed by atoms with Crippen LogP contribution in [0.25, 0.3) is 0 Å². The second-order valence-electron chi connectivity index (χ2n) is 8.57. The molecule has 2 nitrogen and oxygen atoms in total. The summed E-state index contributed by atoms with van der Waals surface area (Å²) in [6, 6.07) is 1.47. The number of rotatable bonds is 5. The molecular formula is C18H36N2. The van der Waals surface area contributed by atoms with Gasteiger partial charge in [0.05, 0.1) is 0 Å². The van der Waals surface area contributed by atoms with Crippen molar-refractivity contribution in [3.63, 3.8) is 0 Å². The molecule has 1 aliphatic carbocycles. The second kappa shape index (κ2) is 6.79. The van der Waals surface area contributed by atoms with E-state index >= 15 is 0 Å². The first-order valence-electron chi connectivity index (χ1n) is 8.85. The Hall–Kier alpha value is -0.0800. The van der Waals surface area contributed by atoms with E-state index in [2.05, 4.69) is 44.8 Å². The lowest BCUT2D eigenvalue weighted by Crippen LogP contribution is -2.49. The summed E-state index contributed by atoms with van der Waals surface area (Å²) in [4.78, 5) is 2.72. The van der Waals surface area contributed by atoms with Crippen LogP contribution in [-0.4, -0.2) is 36.6 Å². The molecule has 0 aromatic carbocycles. The second-order valence-corrected chi connectivity index (χ2v) is 8.57.